The van der Waals surface area contributed by atoms with Crippen LogP contribution in [0.15, 0.2) is 0 Å². The van der Waals surface area contributed by atoms with Crippen LogP contribution in [-0.4, -0.2) is 23.0 Å². The van der Waals surface area contributed by atoms with Crippen LogP contribution < -0.4 is 0 Å². The van der Waals surface area contributed by atoms with Gasteiger partial charge in [0.25, 0.3) is 0 Å². The van der Waals surface area contributed by atoms with E-state index in [0.29, 0.717) is 0 Å². The maximum atomic E-state index is 2.61. The molecule has 0 heterocycles. The van der Waals surface area contributed by atoms with Gasteiger partial charge in [0.2, 0.25) is 0 Å². The minimum absolute atomic E-state index is 0.729. The highest BCUT2D eigenvalue weighted by Crippen LogP contribution is 2.30. The summed E-state index contributed by atoms with van der Waals surface area (Å²) in [6, 6.07) is 2.38. The standard InChI is InChI=1S/C10H22.C9H19N/c1-3-5-7-9-10-8-6-4-2;1-7(2)10(8(3)4)9-5-6-9/h3-10H2,1-2H3;7-9H,5-6H2,1-4H3. The molecule has 1 rings (SSSR count). The van der Waals surface area contributed by atoms with Crippen molar-refractivity contribution in [2.45, 2.75) is 124 Å². The molecule has 0 aliphatic heterocycles. The third kappa shape index (κ3) is 10.7. The van der Waals surface area contributed by atoms with Crippen LogP contribution in [0.2, 0.25) is 0 Å². The average molecular weight is 284 g/mol. The largest absolute Gasteiger partial charge is 0.296 e. The lowest BCUT2D eigenvalue weighted by atomic mass is 10.1. The fourth-order valence-electron chi connectivity index (χ4n) is 3.02. The molecule has 1 aliphatic rings. The van der Waals surface area contributed by atoms with Crippen LogP contribution in [0, 0.1) is 0 Å². The van der Waals surface area contributed by atoms with Crippen molar-refractivity contribution in [3.05, 3.63) is 0 Å². The Morgan fingerprint density at radius 3 is 1.25 bits per heavy atom. The third-order valence-corrected chi connectivity index (χ3v) is 4.12. The second-order valence-electron chi connectivity index (χ2n) is 6.99. The van der Waals surface area contributed by atoms with Gasteiger partial charge in [-0.1, -0.05) is 65.2 Å². The van der Waals surface area contributed by atoms with E-state index < -0.39 is 0 Å². The molecular weight excluding hydrogens is 242 g/mol. The van der Waals surface area contributed by atoms with E-state index >= 15 is 0 Å². The Morgan fingerprint density at radius 1 is 0.700 bits per heavy atom. The Labute approximate surface area is 129 Å². The van der Waals surface area contributed by atoms with Crippen molar-refractivity contribution < 1.29 is 0 Å². The highest BCUT2D eigenvalue weighted by molar-refractivity contribution is 4.87. The summed E-state index contributed by atoms with van der Waals surface area (Å²) in [7, 11) is 0. The van der Waals surface area contributed by atoms with Crippen molar-refractivity contribution in [3.63, 3.8) is 0 Å². The van der Waals surface area contributed by atoms with Crippen LogP contribution in [0.25, 0.3) is 0 Å². The number of unbranched alkanes of at least 4 members (excludes halogenated alkanes) is 7. The van der Waals surface area contributed by atoms with E-state index in [2.05, 4.69) is 46.4 Å². The molecule has 0 radical (unpaired) electrons. The van der Waals surface area contributed by atoms with Crippen molar-refractivity contribution in [2.75, 3.05) is 0 Å². The molecule has 1 nitrogen and oxygen atoms in total. The third-order valence-electron chi connectivity index (χ3n) is 4.12. The zero-order valence-corrected chi connectivity index (χ0v) is 15.3. The molecule has 0 aromatic carbocycles. The summed E-state index contributed by atoms with van der Waals surface area (Å²) < 4.78 is 0. The lowest BCUT2D eigenvalue weighted by molar-refractivity contribution is 0.165. The number of nitrogens with zero attached hydrogens (tertiary/aromatic N) is 1. The van der Waals surface area contributed by atoms with Crippen molar-refractivity contribution in [2.24, 2.45) is 0 Å². The molecule has 0 aromatic heterocycles. The first-order chi connectivity index (χ1) is 9.54. The molecule has 0 atom stereocenters. The number of hydrogen-bond donors (Lipinski definition) is 0. The van der Waals surface area contributed by atoms with Crippen molar-refractivity contribution in [3.8, 4) is 0 Å². The van der Waals surface area contributed by atoms with Gasteiger partial charge in [-0.25, -0.2) is 0 Å². The SMILES string of the molecule is CC(C)N(C(C)C)C1CC1.CCCCCCCCCC. The van der Waals surface area contributed by atoms with Crippen LogP contribution in [0.1, 0.15) is 106 Å². The minimum atomic E-state index is 0.729. The summed E-state index contributed by atoms with van der Waals surface area (Å²) in [6.45, 7) is 13.7. The molecule has 122 valence electrons. The fraction of sp³-hybridized carbons (Fsp3) is 1.00. The Bertz CT molecular complexity index is 175. The minimum Gasteiger partial charge on any atom is -0.296 e. The molecule has 0 bridgehead atoms. The molecule has 20 heavy (non-hydrogen) atoms. The molecular formula is C19H41N. The molecule has 0 amide bonds. The van der Waals surface area contributed by atoms with Gasteiger partial charge in [0, 0.05) is 18.1 Å². The van der Waals surface area contributed by atoms with Gasteiger partial charge >= 0.3 is 0 Å². The van der Waals surface area contributed by atoms with Crippen molar-refractivity contribution in [1.82, 2.24) is 4.90 Å². The summed E-state index contributed by atoms with van der Waals surface area (Å²) in [5.74, 6) is 0. The Balaban J connectivity index is 0.000000361. The predicted octanol–water partition coefficient (Wildman–Crippen LogP) is 6.41. The number of rotatable bonds is 10. The second kappa shape index (κ2) is 12.7. The summed E-state index contributed by atoms with van der Waals surface area (Å²) >= 11 is 0. The zero-order valence-electron chi connectivity index (χ0n) is 15.3. The van der Waals surface area contributed by atoms with E-state index in [0.717, 1.165) is 18.1 Å². The van der Waals surface area contributed by atoms with Gasteiger partial charge in [-0.05, 0) is 40.5 Å². The summed E-state index contributed by atoms with van der Waals surface area (Å²) in [6.07, 6.45) is 14.3. The first-order valence-electron chi connectivity index (χ1n) is 9.31. The first kappa shape index (κ1) is 20.0. The molecule has 0 saturated heterocycles. The molecule has 1 fully saturated rings. The van der Waals surface area contributed by atoms with Gasteiger partial charge in [-0.15, -0.1) is 0 Å². The van der Waals surface area contributed by atoms with E-state index in [1.807, 2.05) is 0 Å². The maximum absolute atomic E-state index is 2.61. The van der Waals surface area contributed by atoms with Gasteiger partial charge in [-0.3, -0.25) is 4.90 Å². The smallest absolute Gasteiger partial charge is 0.0102 e. The van der Waals surface area contributed by atoms with Gasteiger partial charge in [0.05, 0.1) is 0 Å². The zero-order chi connectivity index (χ0) is 15.4. The topological polar surface area (TPSA) is 3.24 Å². The van der Waals surface area contributed by atoms with E-state index in [9.17, 15) is 0 Å². The maximum Gasteiger partial charge on any atom is 0.0102 e. The van der Waals surface area contributed by atoms with Gasteiger partial charge in [0.1, 0.15) is 0 Å². The van der Waals surface area contributed by atoms with E-state index in [1.54, 1.807) is 0 Å². The van der Waals surface area contributed by atoms with Crippen LogP contribution in [0.3, 0.4) is 0 Å². The average Bonchev–Trinajstić information content (AvgIpc) is 3.18. The molecule has 0 aromatic rings. The highest BCUT2D eigenvalue weighted by atomic mass is 15.2. The molecule has 1 saturated carbocycles. The lowest BCUT2D eigenvalue weighted by Crippen LogP contribution is -2.38. The summed E-state index contributed by atoms with van der Waals surface area (Å²) in [4.78, 5) is 2.61. The quantitative estimate of drug-likeness (QED) is 0.418. The van der Waals surface area contributed by atoms with Crippen LogP contribution in [-0.2, 0) is 0 Å². The van der Waals surface area contributed by atoms with Gasteiger partial charge in [-0.2, -0.15) is 0 Å². The highest BCUT2D eigenvalue weighted by Gasteiger charge is 2.31. The monoisotopic (exact) mass is 283 g/mol. The second-order valence-corrected chi connectivity index (χ2v) is 6.99. The lowest BCUT2D eigenvalue weighted by Gasteiger charge is -2.30. The predicted molar refractivity (Wildman–Crippen MR) is 93.4 cm³/mol. The van der Waals surface area contributed by atoms with Crippen LogP contribution in [0.4, 0.5) is 0 Å². The fourth-order valence-corrected chi connectivity index (χ4v) is 3.02. The molecule has 0 N–H and O–H groups in total. The Hall–Kier alpha value is -0.0400. The van der Waals surface area contributed by atoms with Crippen molar-refractivity contribution in [1.29, 1.82) is 0 Å². The van der Waals surface area contributed by atoms with E-state index in [1.165, 1.54) is 64.2 Å². The first-order valence-corrected chi connectivity index (χ1v) is 9.31. The molecule has 1 heteroatoms. The van der Waals surface area contributed by atoms with Gasteiger partial charge in [0.15, 0.2) is 0 Å². The Kier molecular flexibility index (Phi) is 12.7. The number of hydrogen-bond acceptors (Lipinski definition) is 1. The van der Waals surface area contributed by atoms with E-state index in [4.69, 9.17) is 0 Å². The summed E-state index contributed by atoms with van der Waals surface area (Å²) in [5.41, 5.74) is 0. The summed E-state index contributed by atoms with van der Waals surface area (Å²) in [5, 5.41) is 0. The Morgan fingerprint density at radius 2 is 1.05 bits per heavy atom. The van der Waals surface area contributed by atoms with E-state index in [-0.39, 0.29) is 0 Å². The molecule has 0 spiro atoms. The molecule has 0 unspecified atom stereocenters. The normalized spacial score (nSPS) is 14.8. The van der Waals surface area contributed by atoms with Crippen molar-refractivity contribution >= 4 is 0 Å². The molecule has 1 aliphatic carbocycles. The van der Waals surface area contributed by atoms with Gasteiger partial charge < -0.3 is 0 Å². The van der Waals surface area contributed by atoms with Crippen LogP contribution >= 0.6 is 0 Å². The van der Waals surface area contributed by atoms with Crippen LogP contribution in [0.5, 0.6) is 0 Å².